The molecule has 3 aromatic carbocycles. The standard InChI is InChI=1S/C19H14ClFN2O3S/c20-14-4-3-5-15(12-14)22-19(24)13-8-10-16(11-9-13)27(25,26)23-18-7-2-1-6-17(18)21/h1-12,23H,(H,22,24). The number of hydrogen-bond acceptors (Lipinski definition) is 3. The lowest BCUT2D eigenvalue weighted by atomic mass is 10.2. The molecule has 2 N–H and O–H groups in total. The lowest BCUT2D eigenvalue weighted by Gasteiger charge is -2.10. The lowest BCUT2D eigenvalue weighted by Crippen LogP contribution is -2.15. The molecule has 0 fully saturated rings. The number of carbonyl (C=O) groups excluding carboxylic acids is 1. The van der Waals surface area contributed by atoms with Gasteiger partial charge < -0.3 is 5.32 Å². The Morgan fingerprint density at radius 2 is 1.63 bits per heavy atom. The zero-order valence-electron chi connectivity index (χ0n) is 13.8. The van der Waals surface area contributed by atoms with Gasteiger partial charge in [-0.15, -0.1) is 0 Å². The van der Waals surface area contributed by atoms with Gasteiger partial charge in [0.05, 0.1) is 10.6 Å². The largest absolute Gasteiger partial charge is 0.322 e. The van der Waals surface area contributed by atoms with Gasteiger partial charge in [0.2, 0.25) is 0 Å². The zero-order chi connectivity index (χ0) is 19.4. The second kappa shape index (κ2) is 7.77. The van der Waals surface area contributed by atoms with Crippen LogP contribution >= 0.6 is 11.6 Å². The molecular formula is C19H14ClFN2O3S. The molecule has 0 unspecified atom stereocenters. The van der Waals surface area contributed by atoms with Crippen LogP contribution in [0.2, 0.25) is 5.02 Å². The average molecular weight is 405 g/mol. The molecule has 0 atom stereocenters. The van der Waals surface area contributed by atoms with Crippen molar-refractivity contribution in [3.63, 3.8) is 0 Å². The molecule has 0 aliphatic rings. The molecule has 3 rings (SSSR count). The van der Waals surface area contributed by atoms with Crippen LogP contribution in [0.3, 0.4) is 0 Å². The third kappa shape index (κ3) is 4.64. The molecule has 0 aliphatic carbocycles. The minimum absolute atomic E-state index is 0.0925. The van der Waals surface area contributed by atoms with Crippen molar-refractivity contribution in [3.05, 3.63) is 89.2 Å². The molecule has 0 spiro atoms. The van der Waals surface area contributed by atoms with Crippen LogP contribution in [0.1, 0.15) is 10.4 Å². The van der Waals surface area contributed by atoms with Crippen LogP contribution in [0.5, 0.6) is 0 Å². The van der Waals surface area contributed by atoms with Gasteiger partial charge >= 0.3 is 0 Å². The second-order valence-electron chi connectivity index (χ2n) is 5.57. The highest BCUT2D eigenvalue weighted by molar-refractivity contribution is 7.92. The fourth-order valence-corrected chi connectivity index (χ4v) is 3.56. The first kappa shape index (κ1) is 18.9. The van der Waals surface area contributed by atoms with E-state index < -0.39 is 21.7 Å². The van der Waals surface area contributed by atoms with E-state index in [1.165, 1.54) is 42.5 Å². The summed E-state index contributed by atoms with van der Waals surface area (Å²) in [6, 6.07) is 17.4. The summed E-state index contributed by atoms with van der Waals surface area (Å²) in [5.74, 6) is -1.10. The Hall–Kier alpha value is -2.90. The summed E-state index contributed by atoms with van der Waals surface area (Å²) in [7, 11) is -3.98. The van der Waals surface area contributed by atoms with E-state index in [4.69, 9.17) is 11.6 Å². The first-order valence-corrected chi connectivity index (χ1v) is 9.65. The highest BCUT2D eigenvalue weighted by atomic mass is 35.5. The molecule has 0 heterocycles. The van der Waals surface area contributed by atoms with Gasteiger partial charge in [-0.2, -0.15) is 0 Å². The Kier molecular flexibility index (Phi) is 5.43. The van der Waals surface area contributed by atoms with E-state index in [1.807, 2.05) is 0 Å². The Balaban J connectivity index is 1.76. The Morgan fingerprint density at radius 3 is 2.30 bits per heavy atom. The van der Waals surface area contributed by atoms with Gasteiger partial charge in [0, 0.05) is 16.3 Å². The van der Waals surface area contributed by atoms with Crippen molar-refractivity contribution in [2.24, 2.45) is 0 Å². The minimum atomic E-state index is -3.98. The van der Waals surface area contributed by atoms with Crippen molar-refractivity contribution in [2.45, 2.75) is 4.90 Å². The van der Waals surface area contributed by atoms with E-state index in [0.29, 0.717) is 10.7 Å². The molecule has 0 aliphatic heterocycles. The second-order valence-corrected chi connectivity index (χ2v) is 7.69. The third-order valence-electron chi connectivity index (χ3n) is 3.63. The van der Waals surface area contributed by atoms with Gasteiger partial charge in [-0.05, 0) is 54.6 Å². The summed E-state index contributed by atoms with van der Waals surface area (Å²) in [4.78, 5) is 12.2. The van der Waals surface area contributed by atoms with Crippen molar-refractivity contribution in [1.29, 1.82) is 0 Å². The monoisotopic (exact) mass is 404 g/mol. The molecular weight excluding hydrogens is 391 g/mol. The number of anilines is 2. The van der Waals surface area contributed by atoms with Gasteiger partial charge in [-0.3, -0.25) is 9.52 Å². The van der Waals surface area contributed by atoms with Gasteiger partial charge in [0.15, 0.2) is 0 Å². The summed E-state index contributed by atoms with van der Waals surface area (Å²) < 4.78 is 40.6. The van der Waals surface area contributed by atoms with Crippen LogP contribution in [0.15, 0.2) is 77.7 Å². The number of halogens is 2. The molecule has 27 heavy (non-hydrogen) atoms. The van der Waals surface area contributed by atoms with Crippen molar-refractivity contribution < 1.29 is 17.6 Å². The number of hydrogen-bond donors (Lipinski definition) is 2. The summed E-state index contributed by atoms with van der Waals surface area (Å²) in [5, 5.41) is 3.15. The zero-order valence-corrected chi connectivity index (χ0v) is 15.4. The molecule has 5 nitrogen and oxygen atoms in total. The van der Waals surface area contributed by atoms with Crippen molar-refractivity contribution in [1.82, 2.24) is 0 Å². The number of benzene rings is 3. The molecule has 0 bridgehead atoms. The maximum atomic E-state index is 13.7. The quantitative estimate of drug-likeness (QED) is 0.655. The van der Waals surface area contributed by atoms with E-state index in [1.54, 1.807) is 24.3 Å². The normalized spacial score (nSPS) is 11.0. The lowest BCUT2D eigenvalue weighted by molar-refractivity contribution is 0.102. The van der Waals surface area contributed by atoms with Crippen molar-refractivity contribution in [3.8, 4) is 0 Å². The maximum Gasteiger partial charge on any atom is 0.261 e. The summed E-state index contributed by atoms with van der Waals surface area (Å²) >= 11 is 5.87. The van der Waals surface area contributed by atoms with Gasteiger partial charge in [0.1, 0.15) is 5.82 Å². The van der Waals surface area contributed by atoms with Crippen LogP contribution in [-0.4, -0.2) is 14.3 Å². The van der Waals surface area contributed by atoms with Gasteiger partial charge in [-0.1, -0.05) is 29.8 Å². The number of para-hydroxylation sites is 1. The van der Waals surface area contributed by atoms with Crippen LogP contribution in [0.25, 0.3) is 0 Å². The number of nitrogens with one attached hydrogen (secondary N) is 2. The number of sulfonamides is 1. The molecule has 0 saturated carbocycles. The van der Waals surface area contributed by atoms with Crippen LogP contribution < -0.4 is 10.0 Å². The van der Waals surface area contributed by atoms with Crippen molar-refractivity contribution >= 4 is 38.9 Å². The number of carbonyl (C=O) groups is 1. The SMILES string of the molecule is O=C(Nc1cccc(Cl)c1)c1ccc(S(=O)(=O)Nc2ccccc2F)cc1. The van der Waals surface area contributed by atoms with Crippen LogP contribution in [-0.2, 0) is 10.0 Å². The molecule has 0 aromatic heterocycles. The maximum absolute atomic E-state index is 13.7. The van der Waals surface area contributed by atoms with Crippen LogP contribution in [0.4, 0.5) is 15.8 Å². The molecule has 138 valence electrons. The Morgan fingerprint density at radius 1 is 0.926 bits per heavy atom. The average Bonchev–Trinajstić information content (AvgIpc) is 2.64. The van der Waals surface area contributed by atoms with E-state index in [2.05, 4.69) is 10.0 Å². The van der Waals surface area contributed by atoms with E-state index >= 15 is 0 Å². The van der Waals surface area contributed by atoms with E-state index in [9.17, 15) is 17.6 Å². The predicted octanol–water partition coefficient (Wildman–Crippen LogP) is 4.53. The topological polar surface area (TPSA) is 75.3 Å². The summed E-state index contributed by atoms with van der Waals surface area (Å²) in [5.41, 5.74) is 0.630. The molecule has 0 radical (unpaired) electrons. The van der Waals surface area contributed by atoms with E-state index in [0.717, 1.165) is 6.07 Å². The predicted molar refractivity (Wildman–Crippen MR) is 103 cm³/mol. The highest BCUT2D eigenvalue weighted by Crippen LogP contribution is 2.20. The Bertz CT molecular complexity index is 1090. The molecule has 8 heteroatoms. The fourth-order valence-electron chi connectivity index (χ4n) is 2.30. The minimum Gasteiger partial charge on any atom is -0.322 e. The first-order valence-electron chi connectivity index (χ1n) is 7.79. The number of rotatable bonds is 5. The smallest absolute Gasteiger partial charge is 0.261 e. The first-order chi connectivity index (χ1) is 12.8. The van der Waals surface area contributed by atoms with E-state index in [-0.39, 0.29) is 16.1 Å². The molecule has 1 amide bonds. The molecule has 0 saturated heterocycles. The fraction of sp³-hybridized carbons (Fsp3) is 0. The number of amides is 1. The van der Waals surface area contributed by atoms with Gasteiger partial charge in [-0.25, -0.2) is 12.8 Å². The Labute approximate surface area is 160 Å². The van der Waals surface area contributed by atoms with Gasteiger partial charge in [0.25, 0.3) is 15.9 Å². The van der Waals surface area contributed by atoms with Crippen molar-refractivity contribution in [2.75, 3.05) is 10.0 Å². The molecule has 3 aromatic rings. The highest BCUT2D eigenvalue weighted by Gasteiger charge is 2.17. The van der Waals surface area contributed by atoms with Crippen LogP contribution in [0, 0.1) is 5.82 Å². The summed E-state index contributed by atoms with van der Waals surface area (Å²) in [6.45, 7) is 0. The summed E-state index contributed by atoms with van der Waals surface area (Å²) in [6.07, 6.45) is 0. The third-order valence-corrected chi connectivity index (χ3v) is 5.24.